The molecule has 0 aromatic rings. The highest BCUT2D eigenvalue weighted by atomic mass is 16.3. The third kappa shape index (κ3) is 9.82. The maximum atomic E-state index is 14.6. The Kier molecular flexibility index (Phi) is 12.9. The first-order chi connectivity index (χ1) is 23.1. The largest absolute Gasteiger partial charge is 0.394 e. The second-order valence-electron chi connectivity index (χ2n) is 15.8. The summed E-state index contributed by atoms with van der Waals surface area (Å²) >= 11 is 0. The summed E-state index contributed by atoms with van der Waals surface area (Å²) in [7, 11) is 0. The van der Waals surface area contributed by atoms with Crippen molar-refractivity contribution in [1.82, 2.24) is 26.2 Å². The molecule has 5 amide bonds. The normalized spacial score (nSPS) is 25.4. The van der Waals surface area contributed by atoms with E-state index in [1.165, 1.54) is 6.92 Å². The average Bonchev–Trinajstić information content (AvgIpc) is 3.61. The molecule has 13 heteroatoms. The van der Waals surface area contributed by atoms with Crippen LogP contribution < -0.4 is 27.0 Å². The first kappa shape index (κ1) is 38.3. The van der Waals surface area contributed by atoms with Gasteiger partial charge in [-0.05, 0) is 75.0 Å². The highest BCUT2D eigenvalue weighted by Crippen LogP contribution is 2.43. The van der Waals surface area contributed by atoms with E-state index < -0.39 is 65.1 Å². The molecule has 1 unspecified atom stereocenters. The number of hydrogen-bond acceptors (Lipinski definition) is 8. The van der Waals surface area contributed by atoms with Crippen molar-refractivity contribution in [2.24, 2.45) is 28.9 Å². The number of nitrogens with two attached hydrogens (primary N) is 1. The second kappa shape index (κ2) is 16.5. The maximum absolute atomic E-state index is 14.6. The third-order valence-electron chi connectivity index (χ3n) is 10.7. The van der Waals surface area contributed by atoms with Crippen LogP contribution in [0.4, 0.5) is 0 Å². The fraction of sp³-hybridized carbons (Fsp3) is 0.778. The molecule has 4 rings (SSSR count). The SMILES string of the molecule is CCC[C@H](NC(=O)[C@@H]1[C@H]2CCC[C@H]2CN1C(=O)[C@@H](NC(=O)[C@@H](NC(=O)C(N)=CC(C)=O)C1CCCCC1)C(C)(C)C)C(O)C(=O)NC1CC1. The predicted octanol–water partition coefficient (Wildman–Crippen LogP) is 1.57. The number of nitrogens with zero attached hydrogens (tertiary/aromatic N) is 1. The molecule has 1 saturated heterocycles. The van der Waals surface area contributed by atoms with E-state index in [-0.39, 0.29) is 35.4 Å². The van der Waals surface area contributed by atoms with Crippen LogP contribution in [0.3, 0.4) is 0 Å². The topological polar surface area (TPSA) is 200 Å². The number of aliphatic hydroxyl groups is 1. The Morgan fingerprint density at radius 2 is 1.57 bits per heavy atom. The van der Waals surface area contributed by atoms with Gasteiger partial charge in [0.2, 0.25) is 17.7 Å². The first-order valence-electron chi connectivity index (χ1n) is 18.3. The quantitative estimate of drug-likeness (QED) is 0.148. The first-order valence-corrected chi connectivity index (χ1v) is 18.3. The molecule has 49 heavy (non-hydrogen) atoms. The molecule has 1 aliphatic heterocycles. The van der Waals surface area contributed by atoms with Crippen molar-refractivity contribution >= 4 is 35.3 Å². The Morgan fingerprint density at radius 1 is 0.898 bits per heavy atom. The molecule has 0 aromatic carbocycles. The van der Waals surface area contributed by atoms with E-state index in [1.54, 1.807) is 4.90 Å². The number of carbonyl (C=O) groups excluding carboxylic acids is 6. The van der Waals surface area contributed by atoms with Gasteiger partial charge < -0.3 is 37.0 Å². The van der Waals surface area contributed by atoms with E-state index in [0.717, 1.165) is 57.4 Å². The van der Waals surface area contributed by atoms with Gasteiger partial charge in [-0.1, -0.05) is 59.8 Å². The summed E-state index contributed by atoms with van der Waals surface area (Å²) < 4.78 is 0. The lowest BCUT2D eigenvalue weighted by Crippen LogP contribution is -2.62. The number of carbonyl (C=O) groups is 6. The molecule has 0 aromatic heterocycles. The van der Waals surface area contributed by atoms with E-state index in [0.29, 0.717) is 32.2 Å². The van der Waals surface area contributed by atoms with Crippen LogP contribution in [0.25, 0.3) is 0 Å². The number of amides is 5. The molecular formula is C36H58N6O7. The number of ketones is 1. The molecule has 274 valence electrons. The van der Waals surface area contributed by atoms with Crippen LogP contribution >= 0.6 is 0 Å². The van der Waals surface area contributed by atoms with E-state index >= 15 is 0 Å². The Labute approximate surface area is 290 Å². The molecule has 7 N–H and O–H groups in total. The molecule has 0 spiro atoms. The van der Waals surface area contributed by atoms with Crippen molar-refractivity contribution in [3.05, 3.63) is 11.8 Å². The summed E-state index contributed by atoms with van der Waals surface area (Å²) in [6, 6.07) is -3.56. The van der Waals surface area contributed by atoms with Crippen molar-refractivity contribution in [2.45, 2.75) is 148 Å². The van der Waals surface area contributed by atoms with Gasteiger partial charge in [-0.25, -0.2) is 0 Å². The second-order valence-corrected chi connectivity index (χ2v) is 15.8. The fourth-order valence-electron chi connectivity index (χ4n) is 7.87. The van der Waals surface area contributed by atoms with Crippen molar-refractivity contribution in [3.63, 3.8) is 0 Å². The zero-order chi connectivity index (χ0) is 36.0. The summed E-state index contributed by atoms with van der Waals surface area (Å²) in [6.07, 6.45) is 9.20. The molecule has 7 atom stereocenters. The predicted molar refractivity (Wildman–Crippen MR) is 183 cm³/mol. The van der Waals surface area contributed by atoms with Crippen molar-refractivity contribution in [3.8, 4) is 0 Å². The monoisotopic (exact) mass is 686 g/mol. The number of likely N-dealkylation sites (tertiary alicyclic amines) is 1. The molecular weight excluding hydrogens is 628 g/mol. The highest BCUT2D eigenvalue weighted by molar-refractivity contribution is 6.02. The van der Waals surface area contributed by atoms with Crippen LogP contribution in [-0.4, -0.2) is 88.2 Å². The summed E-state index contributed by atoms with van der Waals surface area (Å²) in [6.45, 7) is 9.09. The minimum atomic E-state index is -1.41. The van der Waals surface area contributed by atoms with Gasteiger partial charge in [0, 0.05) is 18.7 Å². The summed E-state index contributed by atoms with van der Waals surface area (Å²) in [5, 5.41) is 22.4. The summed E-state index contributed by atoms with van der Waals surface area (Å²) in [5.41, 5.74) is 4.80. The average molecular weight is 687 g/mol. The highest BCUT2D eigenvalue weighted by Gasteiger charge is 2.52. The van der Waals surface area contributed by atoms with Crippen LogP contribution in [-0.2, 0) is 28.8 Å². The van der Waals surface area contributed by atoms with E-state index in [2.05, 4.69) is 21.3 Å². The third-order valence-corrected chi connectivity index (χ3v) is 10.7. The van der Waals surface area contributed by atoms with Gasteiger partial charge in [-0.15, -0.1) is 0 Å². The fourth-order valence-corrected chi connectivity index (χ4v) is 7.87. The number of nitrogens with one attached hydrogen (secondary N) is 4. The van der Waals surface area contributed by atoms with Crippen LogP contribution in [0, 0.1) is 23.2 Å². The van der Waals surface area contributed by atoms with Crippen molar-refractivity contribution < 1.29 is 33.9 Å². The van der Waals surface area contributed by atoms with Gasteiger partial charge in [0.15, 0.2) is 11.9 Å². The lowest BCUT2D eigenvalue weighted by Gasteiger charge is -2.38. The Balaban J connectivity index is 1.56. The lowest BCUT2D eigenvalue weighted by molar-refractivity contribution is -0.146. The molecule has 4 aliphatic rings. The zero-order valence-corrected chi connectivity index (χ0v) is 29.9. The van der Waals surface area contributed by atoms with Gasteiger partial charge >= 0.3 is 0 Å². The molecule has 4 fully saturated rings. The van der Waals surface area contributed by atoms with E-state index in [9.17, 15) is 33.9 Å². The molecule has 3 aliphatic carbocycles. The zero-order valence-electron chi connectivity index (χ0n) is 29.9. The van der Waals surface area contributed by atoms with Crippen LogP contribution in [0.5, 0.6) is 0 Å². The van der Waals surface area contributed by atoms with E-state index in [4.69, 9.17) is 5.73 Å². The van der Waals surface area contributed by atoms with Crippen molar-refractivity contribution in [1.29, 1.82) is 0 Å². The van der Waals surface area contributed by atoms with Crippen LogP contribution in [0.15, 0.2) is 11.8 Å². The Hall–Kier alpha value is -3.48. The molecule has 0 bridgehead atoms. The molecule has 3 saturated carbocycles. The van der Waals surface area contributed by atoms with Gasteiger partial charge in [0.25, 0.3) is 11.8 Å². The Bertz CT molecular complexity index is 1280. The minimum absolute atomic E-state index is 0.0623. The molecule has 13 nitrogen and oxygen atoms in total. The van der Waals surface area contributed by atoms with Gasteiger partial charge in [0.1, 0.15) is 23.8 Å². The molecule has 0 radical (unpaired) electrons. The Morgan fingerprint density at radius 3 is 2.16 bits per heavy atom. The number of fused-ring (bicyclic) bond motifs is 1. The van der Waals surface area contributed by atoms with Gasteiger partial charge in [0.05, 0.1) is 6.04 Å². The van der Waals surface area contributed by atoms with Crippen LogP contribution in [0.2, 0.25) is 0 Å². The van der Waals surface area contributed by atoms with Crippen LogP contribution in [0.1, 0.15) is 112 Å². The molecule has 1 heterocycles. The minimum Gasteiger partial charge on any atom is -0.394 e. The van der Waals surface area contributed by atoms with Crippen molar-refractivity contribution in [2.75, 3.05) is 6.54 Å². The lowest BCUT2D eigenvalue weighted by atomic mass is 9.82. The maximum Gasteiger partial charge on any atom is 0.267 e. The van der Waals surface area contributed by atoms with Gasteiger partial charge in [-0.2, -0.15) is 0 Å². The smallest absolute Gasteiger partial charge is 0.267 e. The van der Waals surface area contributed by atoms with E-state index in [1.807, 2.05) is 27.7 Å². The van der Waals surface area contributed by atoms with Gasteiger partial charge in [-0.3, -0.25) is 28.8 Å². The number of hydrogen-bond donors (Lipinski definition) is 6. The standard InChI is InChI=1S/C36H58N6O7/c1-6-11-26(29(44)34(48)38-23-16-17-23)39-33(47)28-24-15-10-14-22(24)19-42(28)35(49)30(36(3,4)5)41-32(46)27(21-12-8-7-9-13-21)40-31(45)25(37)18-20(2)43/h18,21-24,26-30,44H,6-17,19,37H2,1-5H3,(H,38,48)(H,39,47)(H,40,45)(H,41,46)/t22-,24-,26-,27-,28-,29?,30+/m0/s1. The number of rotatable bonds is 14. The summed E-state index contributed by atoms with van der Waals surface area (Å²) in [5.74, 6) is -3.07. The number of allylic oxidation sites excluding steroid dienone is 1. The number of aliphatic hydroxyl groups excluding tert-OH is 1. The summed E-state index contributed by atoms with van der Waals surface area (Å²) in [4.78, 5) is 81.6.